The first-order chi connectivity index (χ1) is 9.45. The van der Waals surface area contributed by atoms with E-state index in [2.05, 4.69) is 20.6 Å². The van der Waals surface area contributed by atoms with Crippen LogP contribution in [0.3, 0.4) is 0 Å². The summed E-state index contributed by atoms with van der Waals surface area (Å²) >= 11 is 0. The van der Waals surface area contributed by atoms with Crippen molar-refractivity contribution in [1.82, 2.24) is 20.6 Å². The lowest BCUT2D eigenvalue weighted by atomic mass is 9.92. The van der Waals surface area contributed by atoms with E-state index in [1.807, 2.05) is 26.8 Å². The van der Waals surface area contributed by atoms with Crippen LogP contribution in [0, 0.1) is 0 Å². The van der Waals surface area contributed by atoms with Gasteiger partial charge in [0, 0.05) is 17.7 Å². The summed E-state index contributed by atoms with van der Waals surface area (Å²) < 4.78 is 5.16. The zero-order valence-corrected chi connectivity index (χ0v) is 12.3. The number of hydrogen-bond donors (Lipinski definition) is 2. The van der Waals surface area contributed by atoms with Crippen molar-refractivity contribution < 1.29 is 9.53 Å². The van der Waals surface area contributed by atoms with Gasteiger partial charge in [0.05, 0.1) is 5.69 Å². The largest absolute Gasteiger partial charge is 0.415 e. The number of amides is 1. The maximum absolute atomic E-state index is 11.8. The molecule has 1 fully saturated rings. The number of piperidine rings is 1. The maximum Gasteiger partial charge on any atom is 0.415 e. The van der Waals surface area contributed by atoms with Gasteiger partial charge in [0.1, 0.15) is 0 Å². The molecular formula is C14H22N4O2. The molecule has 1 aromatic heterocycles. The molecule has 110 valence electrons. The van der Waals surface area contributed by atoms with Crippen LogP contribution in [0.25, 0.3) is 0 Å². The Labute approximate surface area is 119 Å². The van der Waals surface area contributed by atoms with Crippen molar-refractivity contribution in [3.8, 4) is 6.01 Å². The van der Waals surface area contributed by atoms with Crippen LogP contribution in [-0.2, 0) is 5.41 Å². The third-order valence-electron chi connectivity index (χ3n) is 3.25. The molecule has 1 aromatic rings. The Bertz CT molecular complexity index is 464. The average Bonchev–Trinajstić information content (AvgIpc) is 2.39. The van der Waals surface area contributed by atoms with Crippen LogP contribution in [0.2, 0.25) is 0 Å². The second-order valence-corrected chi connectivity index (χ2v) is 6.03. The van der Waals surface area contributed by atoms with Gasteiger partial charge in [-0.2, -0.15) is 4.98 Å². The second kappa shape index (κ2) is 6.17. The summed E-state index contributed by atoms with van der Waals surface area (Å²) in [5, 5.41) is 6.09. The molecule has 6 nitrogen and oxygen atoms in total. The van der Waals surface area contributed by atoms with Crippen LogP contribution in [0.15, 0.2) is 12.3 Å². The molecule has 0 spiro atoms. The first-order valence-electron chi connectivity index (χ1n) is 6.98. The van der Waals surface area contributed by atoms with E-state index >= 15 is 0 Å². The summed E-state index contributed by atoms with van der Waals surface area (Å²) in [5.74, 6) is 0. The summed E-state index contributed by atoms with van der Waals surface area (Å²) in [6.07, 6.45) is 2.96. The van der Waals surface area contributed by atoms with Gasteiger partial charge in [-0.25, -0.2) is 9.78 Å². The lowest BCUT2D eigenvalue weighted by Crippen LogP contribution is -2.43. The Morgan fingerprint density at radius 2 is 2.10 bits per heavy atom. The van der Waals surface area contributed by atoms with Crippen LogP contribution in [0.4, 0.5) is 4.79 Å². The van der Waals surface area contributed by atoms with Crippen LogP contribution >= 0.6 is 0 Å². The number of rotatable bonds is 2. The molecule has 1 aliphatic rings. The molecule has 0 bridgehead atoms. The van der Waals surface area contributed by atoms with E-state index in [4.69, 9.17) is 4.74 Å². The van der Waals surface area contributed by atoms with Gasteiger partial charge >= 0.3 is 12.1 Å². The standard InChI is InChI=1S/C14H22N4O2/c1-14(2,3)11-6-9-16-12(18-11)20-13(19)17-10-4-7-15-8-5-10/h6,9-10,15H,4-5,7-8H2,1-3H3,(H,17,19). The number of carbonyl (C=O) groups excluding carboxylic acids is 1. The van der Waals surface area contributed by atoms with Crippen LogP contribution in [0.5, 0.6) is 6.01 Å². The SMILES string of the molecule is CC(C)(C)c1ccnc(OC(=O)NC2CCNCC2)n1. The molecule has 6 heteroatoms. The Morgan fingerprint density at radius 3 is 2.75 bits per heavy atom. The van der Waals surface area contributed by atoms with Crippen molar-refractivity contribution in [2.45, 2.75) is 45.1 Å². The highest BCUT2D eigenvalue weighted by Crippen LogP contribution is 2.20. The molecule has 2 heterocycles. The van der Waals surface area contributed by atoms with Gasteiger partial charge < -0.3 is 15.4 Å². The van der Waals surface area contributed by atoms with E-state index in [9.17, 15) is 4.79 Å². The minimum absolute atomic E-state index is 0.101. The molecule has 1 amide bonds. The first kappa shape index (κ1) is 14.7. The molecule has 0 saturated carbocycles. The van der Waals surface area contributed by atoms with Crippen molar-refractivity contribution in [3.63, 3.8) is 0 Å². The van der Waals surface area contributed by atoms with Gasteiger partial charge in [0.25, 0.3) is 0 Å². The summed E-state index contributed by atoms with van der Waals surface area (Å²) in [4.78, 5) is 20.1. The molecule has 0 aromatic carbocycles. The van der Waals surface area contributed by atoms with E-state index in [1.165, 1.54) is 0 Å². The number of aromatic nitrogens is 2. The van der Waals surface area contributed by atoms with Gasteiger partial charge in [0.2, 0.25) is 0 Å². The third-order valence-corrected chi connectivity index (χ3v) is 3.25. The normalized spacial score (nSPS) is 16.8. The highest BCUT2D eigenvalue weighted by atomic mass is 16.6. The van der Waals surface area contributed by atoms with Crippen molar-refractivity contribution >= 4 is 6.09 Å². The Balaban J connectivity index is 1.93. The van der Waals surface area contributed by atoms with Crippen LogP contribution in [-0.4, -0.2) is 35.2 Å². The molecule has 20 heavy (non-hydrogen) atoms. The van der Waals surface area contributed by atoms with Crippen molar-refractivity contribution in [1.29, 1.82) is 0 Å². The smallest absolute Gasteiger partial charge is 0.374 e. The minimum atomic E-state index is -0.483. The van der Waals surface area contributed by atoms with Gasteiger partial charge in [0.15, 0.2) is 0 Å². The third kappa shape index (κ3) is 4.16. The van der Waals surface area contributed by atoms with E-state index in [0.717, 1.165) is 31.6 Å². The highest BCUT2D eigenvalue weighted by molar-refractivity contribution is 5.69. The zero-order chi connectivity index (χ0) is 14.6. The molecular weight excluding hydrogens is 256 g/mol. The fourth-order valence-electron chi connectivity index (χ4n) is 2.05. The van der Waals surface area contributed by atoms with Gasteiger partial charge in [-0.15, -0.1) is 0 Å². The van der Waals surface area contributed by atoms with Gasteiger partial charge in [-0.05, 0) is 32.0 Å². The lowest BCUT2D eigenvalue weighted by Gasteiger charge is -2.23. The Morgan fingerprint density at radius 1 is 1.40 bits per heavy atom. The quantitative estimate of drug-likeness (QED) is 0.859. The van der Waals surface area contributed by atoms with Crippen LogP contribution < -0.4 is 15.4 Å². The number of ether oxygens (including phenoxy) is 1. The summed E-state index contributed by atoms with van der Waals surface area (Å²) in [7, 11) is 0. The number of carbonyl (C=O) groups is 1. The summed E-state index contributed by atoms with van der Waals surface area (Å²) in [6.45, 7) is 7.98. The van der Waals surface area contributed by atoms with Crippen molar-refractivity contribution in [3.05, 3.63) is 18.0 Å². The maximum atomic E-state index is 11.8. The van der Waals surface area contributed by atoms with Crippen LogP contribution in [0.1, 0.15) is 39.3 Å². The topological polar surface area (TPSA) is 76.1 Å². The molecule has 0 aliphatic carbocycles. The monoisotopic (exact) mass is 278 g/mol. The van der Waals surface area contributed by atoms with Crippen molar-refractivity contribution in [2.75, 3.05) is 13.1 Å². The van der Waals surface area contributed by atoms with Gasteiger partial charge in [-0.1, -0.05) is 20.8 Å². The molecule has 1 aliphatic heterocycles. The second-order valence-electron chi connectivity index (χ2n) is 6.03. The Hall–Kier alpha value is -1.69. The predicted molar refractivity (Wildman–Crippen MR) is 75.8 cm³/mol. The predicted octanol–water partition coefficient (Wildman–Crippen LogP) is 1.61. The molecule has 0 radical (unpaired) electrons. The fourth-order valence-corrected chi connectivity index (χ4v) is 2.05. The summed E-state index contributed by atoms with van der Waals surface area (Å²) in [5.41, 5.74) is 0.740. The fraction of sp³-hybridized carbons (Fsp3) is 0.643. The molecule has 2 rings (SSSR count). The Kier molecular flexibility index (Phi) is 4.54. The van der Waals surface area contributed by atoms with Gasteiger partial charge in [-0.3, -0.25) is 0 Å². The highest BCUT2D eigenvalue weighted by Gasteiger charge is 2.19. The lowest BCUT2D eigenvalue weighted by molar-refractivity contribution is 0.188. The summed E-state index contributed by atoms with van der Waals surface area (Å²) in [6, 6.07) is 2.09. The zero-order valence-electron chi connectivity index (χ0n) is 12.3. The van der Waals surface area contributed by atoms with Crippen molar-refractivity contribution in [2.24, 2.45) is 0 Å². The average molecular weight is 278 g/mol. The number of hydrogen-bond acceptors (Lipinski definition) is 5. The number of nitrogens with one attached hydrogen (secondary N) is 2. The molecule has 1 saturated heterocycles. The van der Waals surface area contributed by atoms with E-state index in [1.54, 1.807) is 6.20 Å². The van der Waals surface area contributed by atoms with E-state index in [0.29, 0.717) is 0 Å². The minimum Gasteiger partial charge on any atom is -0.374 e. The molecule has 0 unspecified atom stereocenters. The van der Waals surface area contributed by atoms with E-state index < -0.39 is 6.09 Å². The molecule has 0 atom stereocenters. The first-order valence-corrected chi connectivity index (χ1v) is 6.98. The number of nitrogens with zero attached hydrogens (tertiary/aromatic N) is 2. The van der Waals surface area contributed by atoms with E-state index in [-0.39, 0.29) is 17.5 Å². The molecule has 2 N–H and O–H groups in total.